The van der Waals surface area contributed by atoms with Gasteiger partial charge in [-0.2, -0.15) is 11.8 Å². The number of rotatable bonds is 7. The van der Waals surface area contributed by atoms with Gasteiger partial charge in [0.1, 0.15) is 5.60 Å². The Kier molecular flexibility index (Phi) is 7.23. The van der Waals surface area contributed by atoms with Crippen molar-refractivity contribution in [3.63, 3.8) is 0 Å². The number of nitrogens with zero attached hydrogens (tertiary/aromatic N) is 1. The monoisotopic (exact) mass is 323 g/mol. The summed E-state index contributed by atoms with van der Waals surface area (Å²) in [6.07, 6.45) is 2.09. The number of nitrogens with one attached hydrogen (secondary N) is 2. The highest BCUT2D eigenvalue weighted by atomic mass is 32.2. The highest BCUT2D eigenvalue weighted by Crippen LogP contribution is 2.21. The van der Waals surface area contributed by atoms with Gasteiger partial charge in [0.25, 0.3) is 0 Å². The maximum absolute atomic E-state index is 10.6. The summed E-state index contributed by atoms with van der Waals surface area (Å²) in [4.78, 5) is 4.62. The molecule has 1 atom stereocenters. The standard InChI is InChI=1S/C17H29N3OS/c1-6-18-15(19-12-16(2,3)22-5)20-13-17(4,21)14-10-8-7-9-11-14/h7-11,21H,6,12-13H2,1-5H3,(H2,18,19,20). The van der Waals surface area contributed by atoms with E-state index in [0.717, 1.165) is 24.6 Å². The molecule has 5 heteroatoms. The van der Waals surface area contributed by atoms with Crippen LogP contribution in [-0.4, -0.2) is 41.7 Å². The smallest absolute Gasteiger partial charge is 0.191 e. The molecule has 3 N–H and O–H groups in total. The van der Waals surface area contributed by atoms with Crippen molar-refractivity contribution in [3.05, 3.63) is 35.9 Å². The lowest BCUT2D eigenvalue weighted by Crippen LogP contribution is -2.45. The lowest BCUT2D eigenvalue weighted by Gasteiger charge is -2.26. The lowest BCUT2D eigenvalue weighted by atomic mass is 9.96. The van der Waals surface area contributed by atoms with Gasteiger partial charge in [0, 0.05) is 11.3 Å². The molecule has 0 aliphatic rings. The van der Waals surface area contributed by atoms with E-state index in [2.05, 4.69) is 35.7 Å². The molecule has 0 spiro atoms. The quantitative estimate of drug-likeness (QED) is 0.533. The first-order chi connectivity index (χ1) is 10.3. The number of hydrogen-bond donors (Lipinski definition) is 3. The first-order valence-corrected chi connectivity index (χ1v) is 8.88. The highest BCUT2D eigenvalue weighted by Gasteiger charge is 2.23. The van der Waals surface area contributed by atoms with Crippen molar-refractivity contribution in [1.82, 2.24) is 10.6 Å². The molecule has 124 valence electrons. The van der Waals surface area contributed by atoms with Crippen molar-refractivity contribution in [3.8, 4) is 0 Å². The van der Waals surface area contributed by atoms with E-state index < -0.39 is 5.60 Å². The molecule has 0 saturated heterocycles. The van der Waals surface area contributed by atoms with E-state index in [1.165, 1.54) is 0 Å². The highest BCUT2D eigenvalue weighted by molar-refractivity contribution is 7.99. The number of benzene rings is 1. The van der Waals surface area contributed by atoms with Crippen LogP contribution in [0.25, 0.3) is 0 Å². The number of aliphatic hydroxyl groups is 1. The second-order valence-corrected chi connectivity index (χ2v) is 7.67. The van der Waals surface area contributed by atoms with Gasteiger partial charge in [-0.15, -0.1) is 0 Å². The van der Waals surface area contributed by atoms with E-state index in [1.807, 2.05) is 44.2 Å². The Balaban J connectivity index is 2.69. The maximum Gasteiger partial charge on any atom is 0.191 e. The Labute approximate surface area is 138 Å². The van der Waals surface area contributed by atoms with Gasteiger partial charge in [-0.3, -0.25) is 4.99 Å². The molecule has 0 saturated carbocycles. The van der Waals surface area contributed by atoms with Gasteiger partial charge in [-0.05, 0) is 39.5 Å². The zero-order chi connectivity index (χ0) is 16.6. The second-order valence-electron chi connectivity index (χ2n) is 6.15. The predicted molar refractivity (Wildman–Crippen MR) is 97.6 cm³/mol. The molecule has 0 aliphatic heterocycles. The summed E-state index contributed by atoms with van der Waals surface area (Å²) in [6, 6.07) is 9.68. The molecule has 0 aromatic heterocycles. The molecule has 1 aromatic carbocycles. The predicted octanol–water partition coefficient (Wildman–Crippen LogP) is 2.59. The fourth-order valence-corrected chi connectivity index (χ4v) is 2.02. The fourth-order valence-electron chi connectivity index (χ4n) is 1.83. The zero-order valence-electron chi connectivity index (χ0n) is 14.3. The van der Waals surface area contributed by atoms with Crippen LogP contribution in [-0.2, 0) is 5.60 Å². The third-order valence-electron chi connectivity index (χ3n) is 3.51. The number of thioether (sulfide) groups is 1. The molecule has 22 heavy (non-hydrogen) atoms. The Morgan fingerprint density at radius 3 is 2.36 bits per heavy atom. The Hall–Kier alpha value is -1.20. The van der Waals surface area contributed by atoms with E-state index >= 15 is 0 Å². The number of aliphatic imine (C=N–C) groups is 1. The van der Waals surface area contributed by atoms with Crippen LogP contribution in [0.15, 0.2) is 35.3 Å². The number of hydrogen-bond acceptors (Lipinski definition) is 3. The van der Waals surface area contributed by atoms with Crippen LogP contribution >= 0.6 is 11.8 Å². The van der Waals surface area contributed by atoms with Gasteiger partial charge in [0.05, 0.1) is 13.1 Å². The summed E-state index contributed by atoms with van der Waals surface area (Å²) < 4.78 is 0.101. The Morgan fingerprint density at radius 1 is 1.18 bits per heavy atom. The molecule has 0 heterocycles. The third kappa shape index (κ3) is 6.28. The van der Waals surface area contributed by atoms with Gasteiger partial charge in [-0.1, -0.05) is 30.3 Å². The average Bonchev–Trinajstić information content (AvgIpc) is 2.51. The van der Waals surface area contributed by atoms with Crippen molar-refractivity contribution < 1.29 is 5.11 Å². The first kappa shape index (κ1) is 18.8. The van der Waals surface area contributed by atoms with E-state index in [1.54, 1.807) is 11.8 Å². The second kappa shape index (κ2) is 8.44. The molecule has 1 aromatic rings. The molecular weight excluding hydrogens is 294 g/mol. The van der Waals surface area contributed by atoms with E-state index in [0.29, 0.717) is 6.54 Å². The Bertz CT molecular complexity index is 472. The SMILES string of the molecule is CCNC(=NCC(C)(C)SC)NCC(C)(O)c1ccccc1. The van der Waals surface area contributed by atoms with Crippen LogP contribution < -0.4 is 10.6 Å². The summed E-state index contributed by atoms with van der Waals surface area (Å²) in [5.74, 6) is 0.737. The first-order valence-electron chi connectivity index (χ1n) is 7.66. The van der Waals surface area contributed by atoms with Crippen LogP contribution in [0.1, 0.15) is 33.3 Å². The topological polar surface area (TPSA) is 56.7 Å². The van der Waals surface area contributed by atoms with Crippen LogP contribution in [0.2, 0.25) is 0 Å². The van der Waals surface area contributed by atoms with E-state index in [9.17, 15) is 5.11 Å². The van der Waals surface area contributed by atoms with Gasteiger partial charge in [0.15, 0.2) is 5.96 Å². The minimum Gasteiger partial charge on any atom is -0.384 e. The van der Waals surface area contributed by atoms with E-state index in [-0.39, 0.29) is 4.75 Å². The van der Waals surface area contributed by atoms with Crippen LogP contribution in [0.4, 0.5) is 0 Å². The summed E-state index contributed by atoms with van der Waals surface area (Å²) >= 11 is 1.80. The van der Waals surface area contributed by atoms with Crippen molar-refractivity contribution in [2.45, 2.75) is 38.0 Å². The van der Waals surface area contributed by atoms with Crippen LogP contribution in [0.3, 0.4) is 0 Å². The maximum atomic E-state index is 10.6. The number of guanidine groups is 1. The molecule has 1 rings (SSSR count). The van der Waals surface area contributed by atoms with Crippen molar-refractivity contribution in [2.75, 3.05) is 25.9 Å². The average molecular weight is 324 g/mol. The molecular formula is C17H29N3OS. The summed E-state index contributed by atoms with van der Waals surface area (Å²) in [7, 11) is 0. The van der Waals surface area contributed by atoms with Crippen molar-refractivity contribution in [1.29, 1.82) is 0 Å². The largest absolute Gasteiger partial charge is 0.384 e. The normalized spacial score (nSPS) is 15.3. The zero-order valence-corrected chi connectivity index (χ0v) is 15.1. The molecule has 4 nitrogen and oxygen atoms in total. The minimum atomic E-state index is -0.938. The third-order valence-corrected chi connectivity index (χ3v) is 4.74. The summed E-state index contributed by atoms with van der Waals surface area (Å²) in [5.41, 5.74) is -0.0465. The molecule has 0 fully saturated rings. The molecule has 0 aliphatic carbocycles. The van der Waals surface area contributed by atoms with Gasteiger partial charge >= 0.3 is 0 Å². The minimum absolute atomic E-state index is 0.101. The van der Waals surface area contributed by atoms with E-state index in [4.69, 9.17) is 0 Å². The van der Waals surface area contributed by atoms with Gasteiger partial charge < -0.3 is 15.7 Å². The van der Waals surface area contributed by atoms with Crippen molar-refractivity contribution >= 4 is 17.7 Å². The Morgan fingerprint density at radius 2 is 1.82 bits per heavy atom. The lowest BCUT2D eigenvalue weighted by molar-refractivity contribution is 0.0617. The summed E-state index contributed by atoms with van der Waals surface area (Å²) in [6.45, 7) is 10.1. The molecule has 0 amide bonds. The fraction of sp³-hybridized carbons (Fsp3) is 0.588. The molecule has 0 bridgehead atoms. The van der Waals surface area contributed by atoms with Crippen LogP contribution in [0.5, 0.6) is 0 Å². The van der Waals surface area contributed by atoms with Gasteiger partial charge in [-0.25, -0.2) is 0 Å². The summed E-state index contributed by atoms with van der Waals surface area (Å²) in [5, 5.41) is 17.1. The molecule has 1 unspecified atom stereocenters. The van der Waals surface area contributed by atoms with Crippen LogP contribution in [0, 0.1) is 0 Å². The van der Waals surface area contributed by atoms with Crippen molar-refractivity contribution in [2.24, 2.45) is 4.99 Å². The molecule has 0 radical (unpaired) electrons. The van der Waals surface area contributed by atoms with Gasteiger partial charge in [0.2, 0.25) is 0 Å².